The Kier molecular flexibility index (Phi) is 13.5. The van der Waals surface area contributed by atoms with Crippen molar-refractivity contribution < 1.29 is 43.0 Å². The molecule has 1 aromatic heterocycles. The molecule has 16 nitrogen and oxygen atoms in total. The van der Waals surface area contributed by atoms with E-state index in [0.717, 1.165) is 19.3 Å². The summed E-state index contributed by atoms with van der Waals surface area (Å²) in [4.78, 5) is 82.9. The quantitative estimate of drug-likeness (QED) is 0.258. The molecule has 0 radical (unpaired) electrons. The van der Waals surface area contributed by atoms with Crippen molar-refractivity contribution in [2.45, 2.75) is 83.3 Å². The van der Waals surface area contributed by atoms with E-state index in [1.54, 1.807) is 41.0 Å². The van der Waals surface area contributed by atoms with Gasteiger partial charge in [0.15, 0.2) is 12.3 Å². The van der Waals surface area contributed by atoms with Crippen molar-refractivity contribution in [1.29, 1.82) is 0 Å². The second-order valence-electron chi connectivity index (χ2n) is 13.1. The first-order chi connectivity index (χ1) is 25.2. The molecule has 0 spiro atoms. The number of para-hydroxylation sites is 1. The second kappa shape index (κ2) is 18.4. The van der Waals surface area contributed by atoms with Crippen LogP contribution in [0, 0.1) is 0 Å². The van der Waals surface area contributed by atoms with Crippen LogP contribution < -0.4 is 15.4 Å². The van der Waals surface area contributed by atoms with Gasteiger partial charge in [-0.05, 0) is 64.0 Å². The van der Waals surface area contributed by atoms with Gasteiger partial charge in [0.25, 0.3) is 11.8 Å². The molecule has 3 fully saturated rings. The smallest absolute Gasteiger partial charge is 0.409 e. The van der Waals surface area contributed by atoms with E-state index in [4.69, 9.17) is 14.2 Å². The number of nitrogens with one attached hydrogen (secondary N) is 2. The molecule has 282 valence electrons. The fourth-order valence-electron chi connectivity index (χ4n) is 6.32. The molecule has 3 aliphatic rings. The number of likely N-dealkylation sites (tertiary alicyclic amines) is 1. The average molecular weight is 724 g/mol. The molecule has 16 heteroatoms. The number of carbonyl (C=O) groups is 6. The molecule has 52 heavy (non-hydrogen) atoms. The molecule has 1 aliphatic carbocycles. The summed E-state index contributed by atoms with van der Waals surface area (Å²) >= 11 is 0. The first-order valence-electron chi connectivity index (χ1n) is 18.2. The molecule has 2 atom stereocenters. The Balaban J connectivity index is 1.29. The first-order valence-corrected chi connectivity index (χ1v) is 18.2. The van der Waals surface area contributed by atoms with Crippen molar-refractivity contribution in [3.63, 3.8) is 0 Å². The molecule has 2 unspecified atom stereocenters. The van der Waals surface area contributed by atoms with Crippen LogP contribution >= 0.6 is 0 Å². The summed E-state index contributed by atoms with van der Waals surface area (Å²) in [6.45, 7) is 5.09. The number of hydrogen-bond acceptors (Lipinski definition) is 10. The van der Waals surface area contributed by atoms with Crippen LogP contribution in [-0.4, -0.2) is 131 Å². The molecule has 1 saturated carbocycles. The van der Waals surface area contributed by atoms with E-state index in [1.807, 2.05) is 13.0 Å². The number of hydrogen-bond donors (Lipinski definition) is 2. The van der Waals surface area contributed by atoms with E-state index >= 15 is 0 Å². The third-order valence-corrected chi connectivity index (χ3v) is 9.41. The summed E-state index contributed by atoms with van der Waals surface area (Å²) in [6, 6.07) is 8.81. The van der Waals surface area contributed by atoms with Gasteiger partial charge in [0.05, 0.1) is 18.9 Å². The fourth-order valence-corrected chi connectivity index (χ4v) is 6.32. The molecule has 1 aromatic carbocycles. The lowest BCUT2D eigenvalue weighted by molar-refractivity contribution is -0.144. The highest BCUT2D eigenvalue weighted by Gasteiger charge is 2.36. The highest BCUT2D eigenvalue weighted by molar-refractivity contribution is 5.96. The zero-order valence-electron chi connectivity index (χ0n) is 29.9. The minimum absolute atomic E-state index is 0.0200. The Bertz CT molecular complexity index is 1570. The van der Waals surface area contributed by atoms with Crippen LogP contribution in [0.1, 0.15) is 75.7 Å². The van der Waals surface area contributed by atoms with E-state index < -0.39 is 36.0 Å². The van der Waals surface area contributed by atoms with E-state index in [2.05, 4.69) is 15.7 Å². The molecule has 0 bridgehead atoms. The maximum Gasteiger partial charge on any atom is 0.409 e. The van der Waals surface area contributed by atoms with Crippen LogP contribution in [0.5, 0.6) is 5.88 Å². The van der Waals surface area contributed by atoms with Crippen molar-refractivity contribution in [3.05, 3.63) is 42.1 Å². The lowest BCUT2D eigenvalue weighted by Crippen LogP contribution is -2.56. The van der Waals surface area contributed by atoms with Crippen molar-refractivity contribution in [2.75, 3.05) is 52.5 Å². The summed E-state index contributed by atoms with van der Waals surface area (Å²) < 4.78 is 17.6. The predicted octanol–water partition coefficient (Wildman–Crippen LogP) is 2.04. The molecule has 5 rings (SSSR count). The number of piperazine rings is 1. The van der Waals surface area contributed by atoms with E-state index in [9.17, 15) is 28.8 Å². The lowest BCUT2D eigenvalue weighted by atomic mass is 9.93. The molecule has 2 aromatic rings. The molecule has 5 amide bonds. The van der Waals surface area contributed by atoms with Gasteiger partial charge >= 0.3 is 12.1 Å². The van der Waals surface area contributed by atoms with Crippen LogP contribution in [-0.2, 0) is 28.7 Å². The summed E-state index contributed by atoms with van der Waals surface area (Å²) in [6.07, 6.45) is 4.32. The van der Waals surface area contributed by atoms with Crippen LogP contribution in [0.3, 0.4) is 0 Å². The summed E-state index contributed by atoms with van der Waals surface area (Å²) in [5.74, 6) is -1.99. The van der Waals surface area contributed by atoms with Crippen molar-refractivity contribution in [1.82, 2.24) is 35.1 Å². The number of esters is 1. The minimum atomic E-state index is -1.10. The topological polar surface area (TPSA) is 182 Å². The van der Waals surface area contributed by atoms with Gasteiger partial charge in [0.2, 0.25) is 17.7 Å². The van der Waals surface area contributed by atoms with E-state index in [0.29, 0.717) is 31.5 Å². The number of ether oxygens (including phenoxy) is 3. The van der Waals surface area contributed by atoms with Gasteiger partial charge in [0, 0.05) is 51.3 Å². The monoisotopic (exact) mass is 723 g/mol. The minimum Gasteiger partial charge on any atom is -0.467 e. The molecule has 2 saturated heterocycles. The molecule has 3 heterocycles. The molecule has 2 N–H and O–H groups in total. The first kappa shape index (κ1) is 38.1. The number of amides is 5. The van der Waals surface area contributed by atoms with Crippen LogP contribution in [0.2, 0.25) is 0 Å². The summed E-state index contributed by atoms with van der Waals surface area (Å²) in [7, 11) is 0. The van der Waals surface area contributed by atoms with Gasteiger partial charge in [-0.25, -0.2) is 9.48 Å². The number of benzene rings is 1. The Labute approximate surface area is 303 Å². The normalized spacial score (nSPS) is 17.9. The number of carbonyl (C=O) groups excluding carboxylic acids is 6. The summed E-state index contributed by atoms with van der Waals surface area (Å²) in [5.41, 5.74) is 0.484. The van der Waals surface area contributed by atoms with Crippen LogP contribution in [0.15, 0.2) is 36.4 Å². The Morgan fingerprint density at radius 3 is 2.31 bits per heavy atom. The second-order valence-corrected chi connectivity index (χ2v) is 13.1. The predicted molar refractivity (Wildman–Crippen MR) is 186 cm³/mol. The molecule has 2 aliphatic heterocycles. The SMILES string of the molecule is CCCOC(=O)CCC(NC(=O)c1cc(OCC(=O)N2CCCC2C(=O)NC2CCC2)n(-c2ccccc2)n1)C(=O)N1CCN(C(=O)OCC)CC1. The van der Waals surface area contributed by atoms with Gasteiger partial charge < -0.3 is 39.5 Å². The van der Waals surface area contributed by atoms with Crippen LogP contribution in [0.25, 0.3) is 5.69 Å². The largest absolute Gasteiger partial charge is 0.467 e. The Hall–Kier alpha value is -5.15. The van der Waals surface area contributed by atoms with Crippen molar-refractivity contribution in [2.24, 2.45) is 0 Å². The van der Waals surface area contributed by atoms with Gasteiger partial charge in [-0.3, -0.25) is 24.0 Å². The zero-order chi connectivity index (χ0) is 37.0. The maximum atomic E-state index is 13.7. The van der Waals surface area contributed by atoms with E-state index in [1.165, 1.54) is 15.6 Å². The van der Waals surface area contributed by atoms with Gasteiger partial charge in [-0.1, -0.05) is 25.1 Å². The molecular formula is C36H49N7O9. The van der Waals surface area contributed by atoms with Crippen molar-refractivity contribution >= 4 is 35.7 Å². The number of nitrogens with zero attached hydrogens (tertiary/aromatic N) is 5. The lowest BCUT2D eigenvalue weighted by Gasteiger charge is -2.35. The Morgan fingerprint density at radius 1 is 0.904 bits per heavy atom. The highest BCUT2D eigenvalue weighted by atomic mass is 16.6. The van der Waals surface area contributed by atoms with Crippen molar-refractivity contribution in [3.8, 4) is 11.6 Å². The van der Waals surface area contributed by atoms with Gasteiger partial charge in [0.1, 0.15) is 12.1 Å². The fraction of sp³-hybridized carbons (Fsp3) is 0.583. The average Bonchev–Trinajstić information content (AvgIpc) is 3.82. The third kappa shape index (κ3) is 9.79. The van der Waals surface area contributed by atoms with E-state index in [-0.39, 0.29) is 88.3 Å². The molecular weight excluding hydrogens is 674 g/mol. The third-order valence-electron chi connectivity index (χ3n) is 9.41. The standard InChI is InChI=1S/C36H49N7O9/c1-3-22-51-32(45)16-15-27(35(48)40-18-20-41(21-19-40)36(49)50-4-2)38-33(46)28-23-31(43(39-28)26-12-6-5-7-13-26)52-24-30(44)42-17-9-14-29(42)34(47)37-25-10-8-11-25/h5-7,12-13,23,25,27,29H,3-4,8-11,14-22,24H2,1-2H3,(H,37,47)(H,38,46). The highest BCUT2D eigenvalue weighted by Crippen LogP contribution is 2.24. The number of rotatable bonds is 15. The maximum absolute atomic E-state index is 13.7. The summed E-state index contributed by atoms with van der Waals surface area (Å²) in [5, 5.41) is 10.3. The number of aromatic nitrogens is 2. The Morgan fingerprint density at radius 2 is 1.63 bits per heavy atom. The van der Waals surface area contributed by atoms with Gasteiger partial charge in [-0.2, -0.15) is 5.10 Å². The van der Waals surface area contributed by atoms with Gasteiger partial charge in [-0.15, -0.1) is 0 Å². The van der Waals surface area contributed by atoms with Crippen LogP contribution in [0.4, 0.5) is 4.79 Å². The zero-order valence-corrected chi connectivity index (χ0v) is 29.9.